The van der Waals surface area contributed by atoms with Gasteiger partial charge in [0.15, 0.2) is 0 Å². The number of aliphatic hydroxyl groups is 1. The first-order valence-corrected chi connectivity index (χ1v) is 7.70. The summed E-state index contributed by atoms with van der Waals surface area (Å²) in [5, 5.41) is 14.4. The van der Waals surface area contributed by atoms with Crippen molar-refractivity contribution in [3.8, 4) is 0 Å². The van der Waals surface area contributed by atoms with E-state index in [1.807, 2.05) is 0 Å². The highest BCUT2D eigenvalue weighted by Gasteiger charge is 2.26. The Morgan fingerprint density at radius 3 is 2.68 bits per heavy atom. The number of rotatable bonds is 2. The summed E-state index contributed by atoms with van der Waals surface area (Å²) in [6.45, 7) is 0. The Balaban J connectivity index is 1.93. The molecule has 0 unspecified atom stereocenters. The van der Waals surface area contributed by atoms with Crippen LogP contribution in [0.25, 0.3) is 0 Å². The molecule has 1 fully saturated rings. The maximum atomic E-state index is 10.0. The Hall–Kier alpha value is -0.620. The average molecular weight is 318 g/mol. The van der Waals surface area contributed by atoms with E-state index in [4.69, 9.17) is 23.2 Å². The molecule has 1 aliphatic carbocycles. The molecular weight excluding hydrogens is 305 g/mol. The predicted octanol–water partition coefficient (Wildman–Crippen LogP) is 4.44. The molecule has 7 heteroatoms. The molecule has 1 aromatic carbocycles. The topological polar surface area (TPSA) is 57.0 Å². The molecule has 102 valence electrons. The van der Waals surface area contributed by atoms with E-state index < -0.39 is 0 Å². The molecule has 0 saturated heterocycles. The summed E-state index contributed by atoms with van der Waals surface area (Å²) in [6, 6.07) is 1.68. The molecule has 3 rings (SSSR count). The molecule has 0 spiro atoms. The van der Waals surface area contributed by atoms with Gasteiger partial charge in [-0.15, -0.1) is 0 Å². The van der Waals surface area contributed by atoms with Gasteiger partial charge >= 0.3 is 0 Å². The maximum absolute atomic E-state index is 10.0. The molecule has 1 aromatic rings. The lowest BCUT2D eigenvalue weighted by atomic mass is 9.92. The van der Waals surface area contributed by atoms with Crippen molar-refractivity contribution in [2.45, 2.75) is 37.8 Å². The van der Waals surface area contributed by atoms with E-state index in [2.05, 4.69) is 14.0 Å². The van der Waals surface area contributed by atoms with Crippen molar-refractivity contribution in [1.29, 1.82) is 0 Å². The third kappa shape index (κ3) is 2.52. The number of halogens is 2. The van der Waals surface area contributed by atoms with Gasteiger partial charge in [0.25, 0.3) is 0 Å². The molecule has 0 bridgehead atoms. The summed E-state index contributed by atoms with van der Waals surface area (Å²) in [5.74, 6) is 0. The van der Waals surface area contributed by atoms with Crippen molar-refractivity contribution in [1.82, 2.24) is 0 Å². The second kappa shape index (κ2) is 5.40. The molecule has 1 heterocycles. The number of benzene rings is 1. The Kier molecular flexibility index (Phi) is 3.80. The SMILES string of the molecule is O[C@H]1CCCC[C@@H]1Nc1c(Cl)cc(Cl)c2c1N=S=N2. The van der Waals surface area contributed by atoms with Crippen LogP contribution >= 0.6 is 23.2 Å². The van der Waals surface area contributed by atoms with Gasteiger partial charge in [-0.1, -0.05) is 36.0 Å². The zero-order chi connectivity index (χ0) is 13.4. The summed E-state index contributed by atoms with van der Waals surface area (Å²) in [5.41, 5.74) is 2.06. The molecule has 0 radical (unpaired) electrons. The summed E-state index contributed by atoms with van der Waals surface area (Å²) < 4.78 is 8.42. The van der Waals surface area contributed by atoms with Gasteiger partial charge in [-0.25, -0.2) is 0 Å². The Morgan fingerprint density at radius 2 is 1.89 bits per heavy atom. The minimum absolute atomic E-state index is 0.0114. The predicted molar refractivity (Wildman–Crippen MR) is 79.9 cm³/mol. The molecule has 19 heavy (non-hydrogen) atoms. The summed E-state index contributed by atoms with van der Waals surface area (Å²) in [6.07, 6.45) is 3.59. The zero-order valence-electron chi connectivity index (χ0n) is 10.1. The number of anilines is 1. The van der Waals surface area contributed by atoms with Gasteiger partial charge < -0.3 is 10.4 Å². The van der Waals surface area contributed by atoms with E-state index in [9.17, 15) is 5.11 Å². The van der Waals surface area contributed by atoms with E-state index in [0.29, 0.717) is 21.4 Å². The van der Waals surface area contributed by atoms with Gasteiger partial charge in [-0.3, -0.25) is 0 Å². The number of hydrogen-bond donors (Lipinski definition) is 2. The van der Waals surface area contributed by atoms with E-state index in [1.165, 1.54) is 0 Å². The average Bonchev–Trinajstić information content (AvgIpc) is 2.86. The molecule has 1 saturated carbocycles. The Morgan fingerprint density at radius 1 is 1.16 bits per heavy atom. The molecule has 0 aromatic heterocycles. The van der Waals surface area contributed by atoms with Crippen molar-refractivity contribution in [3.05, 3.63) is 16.1 Å². The summed E-state index contributed by atoms with van der Waals surface area (Å²) in [4.78, 5) is 0. The highest BCUT2D eigenvalue weighted by molar-refractivity contribution is 7.58. The van der Waals surface area contributed by atoms with Crippen molar-refractivity contribution in [2.24, 2.45) is 8.73 Å². The van der Waals surface area contributed by atoms with E-state index in [0.717, 1.165) is 42.7 Å². The lowest BCUT2D eigenvalue weighted by Crippen LogP contribution is -2.36. The lowest BCUT2D eigenvalue weighted by molar-refractivity contribution is 0.116. The van der Waals surface area contributed by atoms with E-state index in [-0.39, 0.29) is 12.1 Å². The minimum atomic E-state index is -0.345. The fourth-order valence-electron chi connectivity index (χ4n) is 2.48. The van der Waals surface area contributed by atoms with Gasteiger partial charge in [0.1, 0.15) is 11.4 Å². The first kappa shape index (κ1) is 13.4. The summed E-state index contributed by atoms with van der Waals surface area (Å²) in [7, 11) is 0. The van der Waals surface area contributed by atoms with Crippen molar-refractivity contribution >= 4 is 51.6 Å². The van der Waals surface area contributed by atoms with Gasteiger partial charge in [0.2, 0.25) is 0 Å². The first-order valence-electron chi connectivity index (χ1n) is 6.21. The zero-order valence-corrected chi connectivity index (χ0v) is 12.4. The third-order valence-corrected chi connectivity index (χ3v) is 4.62. The van der Waals surface area contributed by atoms with Crippen LogP contribution in [0.1, 0.15) is 25.7 Å². The van der Waals surface area contributed by atoms with Crippen LogP contribution in [0.4, 0.5) is 17.1 Å². The van der Waals surface area contributed by atoms with Crippen LogP contribution in [0.5, 0.6) is 0 Å². The van der Waals surface area contributed by atoms with Crippen molar-refractivity contribution < 1.29 is 5.11 Å². The molecule has 0 amide bonds. The molecular formula is C12H13Cl2N3OS. The number of aliphatic hydroxyl groups excluding tert-OH is 1. The van der Waals surface area contributed by atoms with Gasteiger partial charge in [0.05, 0.1) is 39.2 Å². The highest BCUT2D eigenvalue weighted by atomic mass is 35.5. The lowest BCUT2D eigenvalue weighted by Gasteiger charge is -2.30. The van der Waals surface area contributed by atoms with E-state index >= 15 is 0 Å². The van der Waals surface area contributed by atoms with Crippen LogP contribution in [0.2, 0.25) is 10.0 Å². The van der Waals surface area contributed by atoms with Crippen molar-refractivity contribution in [3.63, 3.8) is 0 Å². The third-order valence-electron chi connectivity index (χ3n) is 3.50. The molecule has 2 aliphatic rings. The maximum Gasteiger partial charge on any atom is 0.130 e. The van der Waals surface area contributed by atoms with Crippen molar-refractivity contribution in [2.75, 3.05) is 5.32 Å². The van der Waals surface area contributed by atoms with Gasteiger partial charge in [0, 0.05) is 0 Å². The fraction of sp³-hybridized carbons (Fsp3) is 0.500. The monoisotopic (exact) mass is 317 g/mol. The minimum Gasteiger partial charge on any atom is -0.391 e. The molecule has 1 aliphatic heterocycles. The standard InChI is InChI=1S/C12H13Cl2N3OS/c13-6-5-7(14)11-12(17-19-16-11)10(6)15-8-3-1-2-4-9(8)18/h5,8-9,15,18H,1-4H2/t8-,9-/m0/s1. The largest absolute Gasteiger partial charge is 0.391 e. The van der Waals surface area contributed by atoms with Crippen LogP contribution in [0.15, 0.2) is 14.8 Å². The number of nitrogens with zero attached hydrogens (tertiary/aromatic N) is 2. The highest BCUT2D eigenvalue weighted by Crippen LogP contribution is 2.48. The Labute approximate surface area is 125 Å². The Bertz CT molecular complexity index is 587. The first-order chi connectivity index (χ1) is 9.16. The number of hydrogen-bond acceptors (Lipinski definition) is 4. The molecule has 4 nitrogen and oxygen atoms in total. The van der Waals surface area contributed by atoms with E-state index in [1.54, 1.807) is 6.07 Å². The quantitative estimate of drug-likeness (QED) is 0.860. The van der Waals surface area contributed by atoms with Gasteiger partial charge in [-0.05, 0) is 18.9 Å². The smallest absolute Gasteiger partial charge is 0.130 e. The van der Waals surface area contributed by atoms with Crippen LogP contribution in [-0.4, -0.2) is 17.3 Å². The fourth-order valence-corrected chi connectivity index (χ4v) is 3.64. The van der Waals surface area contributed by atoms with Crippen LogP contribution < -0.4 is 5.32 Å². The van der Waals surface area contributed by atoms with Gasteiger partial charge in [-0.2, -0.15) is 8.73 Å². The number of nitrogens with one attached hydrogen (secondary N) is 1. The second-order valence-electron chi connectivity index (χ2n) is 4.78. The molecule has 2 N–H and O–H groups in total. The number of fused-ring (bicyclic) bond motifs is 1. The molecule has 2 atom stereocenters. The normalized spacial score (nSPS) is 25.0. The van der Waals surface area contributed by atoms with Crippen LogP contribution in [0, 0.1) is 0 Å². The van der Waals surface area contributed by atoms with Crippen LogP contribution in [-0.2, 0) is 11.4 Å². The van der Waals surface area contributed by atoms with Crippen LogP contribution in [0.3, 0.4) is 0 Å². The summed E-state index contributed by atoms with van der Waals surface area (Å²) >= 11 is 13.4. The second-order valence-corrected chi connectivity index (χ2v) is 6.12.